The van der Waals surface area contributed by atoms with Crippen LogP contribution < -0.4 is 0 Å². The maximum atomic E-state index is 10.2. The predicted octanol–water partition coefficient (Wildman–Crippen LogP) is 3.67. The van der Waals surface area contributed by atoms with E-state index in [9.17, 15) is 9.90 Å². The Balaban J connectivity index is 2.97. The molecule has 0 fully saturated rings. The van der Waals surface area contributed by atoms with Gasteiger partial charge in [0.15, 0.2) is 8.32 Å². The highest BCUT2D eigenvalue weighted by molar-refractivity contribution is 9.10. The van der Waals surface area contributed by atoms with E-state index in [1.54, 1.807) is 12.1 Å². The maximum Gasteiger partial charge on any atom is 0.188 e. The van der Waals surface area contributed by atoms with E-state index in [1.165, 1.54) is 0 Å². The largest absolute Gasteiger partial charge is 0.508 e. The zero-order chi connectivity index (χ0) is 12.6. The molecule has 0 amide bonds. The Morgan fingerprint density at radius 1 is 1.31 bits per heavy atom. The van der Waals surface area contributed by atoms with Crippen molar-refractivity contribution in [2.24, 2.45) is 0 Å². The van der Waals surface area contributed by atoms with Gasteiger partial charge in [-0.1, -0.05) is 35.8 Å². The van der Waals surface area contributed by atoms with Gasteiger partial charge in [0.25, 0.3) is 0 Å². The number of hydrogen-bond donors (Lipinski definition) is 2. The third-order valence-electron chi connectivity index (χ3n) is 3.33. The minimum absolute atomic E-state index is 0.0908. The molecule has 0 heterocycles. The topological polar surface area (TPSA) is 40.5 Å². The summed E-state index contributed by atoms with van der Waals surface area (Å²) < 4.78 is 0.902. The lowest BCUT2D eigenvalue weighted by Gasteiger charge is -2.35. The normalized spacial score (nSPS) is 12.9. The molecule has 0 unspecified atom stereocenters. The highest BCUT2D eigenvalue weighted by Crippen LogP contribution is 2.40. The molecule has 0 aromatic heterocycles. The number of rotatable bonds is 3. The van der Waals surface area contributed by atoms with Gasteiger partial charge >= 0.3 is 0 Å². The van der Waals surface area contributed by atoms with E-state index in [0.717, 1.165) is 16.5 Å². The van der Waals surface area contributed by atoms with Gasteiger partial charge in [-0.15, -0.1) is 0 Å². The van der Waals surface area contributed by atoms with Crippen molar-refractivity contribution < 1.29 is 9.90 Å². The van der Waals surface area contributed by atoms with Crippen molar-refractivity contribution in [1.29, 1.82) is 0 Å². The van der Waals surface area contributed by atoms with Crippen LogP contribution in [-0.2, 0) is 6.42 Å². The third-order valence-corrected chi connectivity index (χ3v) is 7.55. The average Bonchev–Trinajstić information content (AvgIpc) is 2.08. The van der Waals surface area contributed by atoms with Crippen molar-refractivity contribution in [2.75, 3.05) is 0 Å². The number of hydrogen-bond acceptors (Lipinski definition) is 2. The molecule has 0 saturated carbocycles. The zero-order valence-corrected chi connectivity index (χ0v) is 12.8. The van der Waals surface area contributed by atoms with Crippen LogP contribution in [0.15, 0.2) is 22.7 Å². The van der Waals surface area contributed by atoms with Gasteiger partial charge in [0, 0.05) is 4.47 Å². The monoisotopic (exact) mass is 302 g/mol. The average molecular weight is 303 g/mol. The van der Waals surface area contributed by atoms with Gasteiger partial charge in [-0.25, -0.2) is 0 Å². The minimum atomic E-state index is -2.19. The molecule has 2 N–H and O–H groups in total. The Morgan fingerprint density at radius 3 is 2.31 bits per heavy atom. The predicted molar refractivity (Wildman–Crippen MR) is 73.3 cm³/mol. The summed E-state index contributed by atoms with van der Waals surface area (Å²) in [6.07, 6.45) is 0.809. The minimum Gasteiger partial charge on any atom is -0.508 e. The highest BCUT2D eigenvalue weighted by Gasteiger charge is 2.38. The lowest BCUT2D eigenvalue weighted by Crippen LogP contribution is -2.40. The molecular formula is C12H19BrO2Si. The summed E-state index contributed by atoms with van der Waals surface area (Å²) in [7, 11) is -2.19. The second kappa shape index (κ2) is 4.51. The van der Waals surface area contributed by atoms with Gasteiger partial charge in [-0.05, 0) is 42.2 Å². The lowest BCUT2D eigenvalue weighted by molar-refractivity contribution is 0.465. The molecule has 1 aromatic rings. The van der Waals surface area contributed by atoms with E-state index in [4.69, 9.17) is 0 Å². The third kappa shape index (κ3) is 3.09. The smallest absolute Gasteiger partial charge is 0.188 e. The Morgan fingerprint density at radius 2 is 1.88 bits per heavy atom. The van der Waals surface area contributed by atoms with Crippen LogP contribution in [0.1, 0.15) is 19.4 Å². The second-order valence-electron chi connectivity index (χ2n) is 5.40. The molecule has 0 aliphatic rings. The van der Waals surface area contributed by atoms with Crippen molar-refractivity contribution in [3.8, 4) is 5.75 Å². The molecule has 0 atom stereocenters. The number of phenols is 1. The van der Waals surface area contributed by atoms with Crippen LogP contribution in [-0.4, -0.2) is 18.2 Å². The number of halogens is 1. The maximum absolute atomic E-state index is 10.2. The van der Waals surface area contributed by atoms with Crippen LogP contribution >= 0.6 is 15.9 Å². The van der Waals surface area contributed by atoms with Crippen LogP contribution in [0.25, 0.3) is 0 Å². The quantitative estimate of drug-likeness (QED) is 0.836. The molecule has 1 rings (SSSR count). The zero-order valence-electron chi connectivity index (χ0n) is 10.2. The number of phenolic OH excluding ortho intramolecular Hbond substituents is 1. The van der Waals surface area contributed by atoms with E-state index in [0.29, 0.717) is 0 Å². The van der Waals surface area contributed by atoms with Crippen molar-refractivity contribution in [2.45, 2.75) is 38.4 Å². The Kier molecular flexibility index (Phi) is 3.87. The van der Waals surface area contributed by atoms with Gasteiger partial charge in [0.05, 0.1) is 0 Å². The molecule has 0 aliphatic carbocycles. The fourth-order valence-electron chi connectivity index (χ4n) is 1.37. The van der Waals surface area contributed by atoms with Crippen molar-refractivity contribution >= 4 is 24.2 Å². The Bertz CT molecular complexity index is 383. The molecule has 0 aliphatic heterocycles. The van der Waals surface area contributed by atoms with Crippen LogP contribution in [0.5, 0.6) is 5.75 Å². The second-order valence-corrected chi connectivity index (χ2v) is 10.7. The van der Waals surface area contributed by atoms with Crippen LogP contribution in [0.4, 0.5) is 0 Å². The van der Waals surface area contributed by atoms with Crippen molar-refractivity contribution in [1.82, 2.24) is 0 Å². The first-order valence-corrected chi connectivity index (χ1v) is 9.07. The summed E-state index contributed by atoms with van der Waals surface area (Å²) in [6, 6.07) is 5.28. The van der Waals surface area contributed by atoms with Crippen LogP contribution in [0.2, 0.25) is 18.1 Å². The summed E-state index contributed by atoms with van der Waals surface area (Å²) in [4.78, 5) is 10.2. The molecule has 0 bridgehead atoms. The SMILES string of the molecule is CC(C)(Cc1ccc(O)cc1Br)[Si](C)(C)O. The molecule has 16 heavy (non-hydrogen) atoms. The molecule has 0 radical (unpaired) electrons. The Labute approximate surface area is 107 Å². The van der Waals surface area contributed by atoms with Gasteiger partial charge in [-0.2, -0.15) is 0 Å². The molecule has 1 aromatic carbocycles. The first kappa shape index (κ1) is 13.7. The molecule has 0 spiro atoms. The molecule has 2 nitrogen and oxygen atoms in total. The summed E-state index contributed by atoms with van der Waals surface area (Å²) in [5.74, 6) is 0.258. The summed E-state index contributed by atoms with van der Waals surface area (Å²) in [5.41, 5.74) is 1.12. The Hall–Kier alpha value is -0.323. The van der Waals surface area contributed by atoms with E-state index in [1.807, 2.05) is 19.2 Å². The van der Waals surface area contributed by atoms with Crippen molar-refractivity contribution in [3.63, 3.8) is 0 Å². The van der Waals surface area contributed by atoms with Gasteiger partial charge < -0.3 is 9.90 Å². The standard InChI is InChI=1S/C12H19BrO2Si/c1-12(2,16(3,4)15)8-9-5-6-10(14)7-11(9)13/h5-7,14-15H,8H2,1-4H3. The van der Waals surface area contributed by atoms with Crippen LogP contribution in [0, 0.1) is 0 Å². The van der Waals surface area contributed by atoms with Gasteiger partial charge in [0.2, 0.25) is 0 Å². The first-order chi connectivity index (χ1) is 7.13. The molecule has 4 heteroatoms. The summed E-state index contributed by atoms with van der Waals surface area (Å²) in [6.45, 7) is 8.11. The van der Waals surface area contributed by atoms with Gasteiger partial charge in [-0.3, -0.25) is 0 Å². The van der Waals surface area contributed by atoms with Crippen molar-refractivity contribution in [3.05, 3.63) is 28.2 Å². The van der Waals surface area contributed by atoms with Gasteiger partial charge in [0.1, 0.15) is 5.75 Å². The summed E-state index contributed by atoms with van der Waals surface area (Å²) in [5, 5.41) is 9.23. The molecule has 0 saturated heterocycles. The van der Waals surface area contributed by atoms with E-state index >= 15 is 0 Å². The van der Waals surface area contributed by atoms with Crippen LogP contribution in [0.3, 0.4) is 0 Å². The highest BCUT2D eigenvalue weighted by atomic mass is 79.9. The molecular weight excluding hydrogens is 284 g/mol. The first-order valence-electron chi connectivity index (χ1n) is 5.33. The number of aromatic hydroxyl groups is 1. The fraction of sp³-hybridized carbons (Fsp3) is 0.500. The summed E-state index contributed by atoms with van der Waals surface area (Å²) >= 11 is 3.44. The van der Waals surface area contributed by atoms with E-state index in [2.05, 4.69) is 29.8 Å². The lowest BCUT2D eigenvalue weighted by atomic mass is 10.0. The number of benzene rings is 1. The van der Waals surface area contributed by atoms with E-state index < -0.39 is 8.32 Å². The molecule has 90 valence electrons. The fourth-order valence-corrected chi connectivity index (χ4v) is 2.50. The van der Waals surface area contributed by atoms with E-state index in [-0.39, 0.29) is 10.8 Å².